The van der Waals surface area contributed by atoms with Crippen LogP contribution in [0.15, 0.2) is 182 Å². The second-order valence-corrected chi connectivity index (χ2v) is 13.5. The van der Waals surface area contributed by atoms with E-state index in [1.165, 1.54) is 55.3 Å². The van der Waals surface area contributed by atoms with E-state index in [1.54, 1.807) is 12.1 Å². The van der Waals surface area contributed by atoms with E-state index in [9.17, 15) is 5.26 Å². The van der Waals surface area contributed by atoms with Crippen LogP contribution in [-0.4, -0.2) is 15.0 Å². The number of fused-ring (bicyclic) bond motifs is 3. The molecule has 1 heterocycles. The van der Waals surface area contributed by atoms with E-state index in [1.807, 2.05) is 42.5 Å². The fraction of sp³-hybridized carbons (Fsp3) is 0. The van der Waals surface area contributed by atoms with Crippen molar-refractivity contribution in [2.45, 2.75) is 0 Å². The van der Waals surface area contributed by atoms with Gasteiger partial charge >= 0.3 is 0 Å². The number of nitriles is 1. The van der Waals surface area contributed by atoms with E-state index >= 15 is 0 Å². The fourth-order valence-electron chi connectivity index (χ4n) is 7.81. The lowest BCUT2D eigenvalue weighted by Crippen LogP contribution is -2.00. The molecular weight excluding hydrogens is 657 g/mol. The van der Waals surface area contributed by atoms with Gasteiger partial charge in [-0.3, -0.25) is 0 Å². The summed E-state index contributed by atoms with van der Waals surface area (Å²) < 4.78 is 0. The molecule has 0 spiro atoms. The van der Waals surface area contributed by atoms with Gasteiger partial charge in [-0.25, -0.2) is 15.0 Å². The molecule has 0 aliphatic heterocycles. The molecule has 0 unspecified atom stereocenters. The molecule has 10 rings (SSSR count). The van der Waals surface area contributed by atoms with Crippen LogP contribution in [0.1, 0.15) is 5.56 Å². The third-order valence-electron chi connectivity index (χ3n) is 10.3. The standard InChI is InChI=1S/C50H30N4/c51-31-32-22-24-38(25-23-32)49-52-48(37-16-8-3-9-17-37)53-50(54-49)39-28-26-34(27-29-39)42-30-43(33-12-4-1-5-13-33)46-40-20-10-18-35-19-11-21-41(44(35)40)47(46)45(42)36-14-6-2-7-15-36/h1-30H. The molecule has 0 bridgehead atoms. The van der Waals surface area contributed by atoms with Gasteiger partial charge in [0.05, 0.1) is 11.6 Å². The van der Waals surface area contributed by atoms with Crippen molar-refractivity contribution in [3.8, 4) is 95.9 Å². The highest BCUT2D eigenvalue weighted by atomic mass is 15.0. The number of hydrogen-bond acceptors (Lipinski definition) is 4. The molecule has 8 aromatic carbocycles. The summed E-state index contributed by atoms with van der Waals surface area (Å²) in [4.78, 5) is 14.8. The minimum absolute atomic E-state index is 0.554. The van der Waals surface area contributed by atoms with Crippen LogP contribution >= 0.6 is 0 Å². The molecule has 250 valence electrons. The molecule has 0 radical (unpaired) electrons. The highest BCUT2D eigenvalue weighted by Gasteiger charge is 2.30. The van der Waals surface area contributed by atoms with Gasteiger partial charge in [0.1, 0.15) is 0 Å². The summed E-state index contributed by atoms with van der Waals surface area (Å²) in [6.07, 6.45) is 0. The van der Waals surface area contributed by atoms with Crippen molar-refractivity contribution in [3.05, 3.63) is 188 Å². The van der Waals surface area contributed by atoms with Crippen molar-refractivity contribution >= 4 is 10.8 Å². The first-order chi connectivity index (χ1) is 26.7. The van der Waals surface area contributed by atoms with E-state index in [4.69, 9.17) is 15.0 Å². The average molecular weight is 687 g/mol. The SMILES string of the molecule is N#Cc1ccc(-c2nc(-c3ccccc3)nc(-c3ccc(-c4cc(-c5ccccc5)c5c(c4-c4ccccc4)-c4cccc6cccc-5c46)cc3)n2)cc1. The predicted molar refractivity (Wildman–Crippen MR) is 219 cm³/mol. The molecule has 4 nitrogen and oxygen atoms in total. The van der Waals surface area contributed by atoms with Gasteiger partial charge in [0, 0.05) is 16.7 Å². The van der Waals surface area contributed by atoms with Gasteiger partial charge in [0.15, 0.2) is 17.5 Å². The molecule has 0 fully saturated rings. The molecule has 4 heteroatoms. The van der Waals surface area contributed by atoms with E-state index in [2.05, 4.69) is 133 Å². The molecule has 0 saturated heterocycles. The average Bonchev–Trinajstić information content (AvgIpc) is 3.59. The topological polar surface area (TPSA) is 62.5 Å². The minimum Gasteiger partial charge on any atom is -0.208 e. The van der Waals surface area contributed by atoms with Gasteiger partial charge in [-0.15, -0.1) is 0 Å². The number of hydrogen-bond donors (Lipinski definition) is 0. The normalized spacial score (nSPS) is 11.3. The summed E-state index contributed by atoms with van der Waals surface area (Å²) in [5.74, 6) is 1.73. The van der Waals surface area contributed by atoms with Crippen molar-refractivity contribution < 1.29 is 0 Å². The fourth-order valence-corrected chi connectivity index (χ4v) is 7.81. The highest BCUT2D eigenvalue weighted by molar-refractivity contribution is 6.22. The lowest BCUT2D eigenvalue weighted by atomic mass is 9.82. The van der Waals surface area contributed by atoms with Crippen molar-refractivity contribution in [2.24, 2.45) is 0 Å². The van der Waals surface area contributed by atoms with Crippen LogP contribution in [0.4, 0.5) is 0 Å². The number of benzene rings is 8. The lowest BCUT2D eigenvalue weighted by Gasteiger charge is -2.21. The van der Waals surface area contributed by atoms with Gasteiger partial charge < -0.3 is 0 Å². The number of rotatable bonds is 6. The summed E-state index contributed by atoms with van der Waals surface area (Å²) in [7, 11) is 0. The van der Waals surface area contributed by atoms with Crippen molar-refractivity contribution in [2.75, 3.05) is 0 Å². The Morgan fingerprint density at radius 1 is 0.333 bits per heavy atom. The quantitative estimate of drug-likeness (QED) is 0.175. The van der Waals surface area contributed by atoms with Crippen LogP contribution in [0.25, 0.3) is 101 Å². The molecule has 54 heavy (non-hydrogen) atoms. The second-order valence-electron chi connectivity index (χ2n) is 13.5. The molecule has 1 aliphatic carbocycles. The van der Waals surface area contributed by atoms with E-state index in [-0.39, 0.29) is 0 Å². The second kappa shape index (κ2) is 12.9. The zero-order valence-corrected chi connectivity index (χ0v) is 29.1. The third kappa shape index (κ3) is 5.27. The van der Waals surface area contributed by atoms with Gasteiger partial charge in [0.25, 0.3) is 0 Å². The smallest absolute Gasteiger partial charge is 0.164 e. The number of aromatic nitrogens is 3. The lowest BCUT2D eigenvalue weighted by molar-refractivity contribution is 1.07. The zero-order valence-electron chi connectivity index (χ0n) is 29.1. The zero-order chi connectivity index (χ0) is 36.0. The Morgan fingerprint density at radius 3 is 1.31 bits per heavy atom. The van der Waals surface area contributed by atoms with Crippen molar-refractivity contribution in [1.29, 1.82) is 5.26 Å². The maximum absolute atomic E-state index is 9.37. The summed E-state index contributed by atoms with van der Waals surface area (Å²) >= 11 is 0. The summed E-state index contributed by atoms with van der Waals surface area (Å²) in [6.45, 7) is 0. The predicted octanol–water partition coefficient (Wildman–Crippen LogP) is 12.5. The van der Waals surface area contributed by atoms with Gasteiger partial charge in [-0.05, 0) is 96.7 Å². The molecule has 1 aliphatic rings. The highest BCUT2D eigenvalue weighted by Crippen LogP contribution is 2.57. The first-order valence-corrected chi connectivity index (χ1v) is 18.0. The van der Waals surface area contributed by atoms with Crippen LogP contribution < -0.4 is 0 Å². The minimum atomic E-state index is 0.554. The van der Waals surface area contributed by atoms with Crippen LogP contribution in [-0.2, 0) is 0 Å². The largest absolute Gasteiger partial charge is 0.208 e. The maximum Gasteiger partial charge on any atom is 0.164 e. The van der Waals surface area contributed by atoms with Crippen LogP contribution in [0.3, 0.4) is 0 Å². The Balaban J connectivity index is 1.18. The van der Waals surface area contributed by atoms with E-state index in [0.29, 0.717) is 23.0 Å². The maximum atomic E-state index is 9.37. The van der Waals surface area contributed by atoms with E-state index < -0.39 is 0 Å². The van der Waals surface area contributed by atoms with Gasteiger partial charge in [0.2, 0.25) is 0 Å². The van der Waals surface area contributed by atoms with Gasteiger partial charge in [-0.1, -0.05) is 152 Å². The summed E-state index contributed by atoms with van der Waals surface area (Å²) in [6, 6.07) is 65.4. The Hall–Kier alpha value is -7.48. The monoisotopic (exact) mass is 686 g/mol. The van der Waals surface area contributed by atoms with Crippen molar-refractivity contribution in [1.82, 2.24) is 15.0 Å². The number of nitrogens with zero attached hydrogens (tertiary/aromatic N) is 4. The molecule has 0 N–H and O–H groups in total. The molecule has 0 saturated carbocycles. The van der Waals surface area contributed by atoms with Crippen LogP contribution in [0, 0.1) is 11.3 Å². The first-order valence-electron chi connectivity index (χ1n) is 18.0. The van der Waals surface area contributed by atoms with Crippen molar-refractivity contribution in [3.63, 3.8) is 0 Å². The summed E-state index contributed by atoms with van der Waals surface area (Å²) in [5.41, 5.74) is 15.3. The summed E-state index contributed by atoms with van der Waals surface area (Å²) in [5, 5.41) is 11.9. The third-order valence-corrected chi connectivity index (χ3v) is 10.3. The molecular formula is C50H30N4. The molecule has 1 aromatic heterocycles. The molecule has 9 aromatic rings. The Bertz CT molecular complexity index is 2890. The molecule has 0 atom stereocenters. The Kier molecular flexibility index (Phi) is 7.49. The first kappa shape index (κ1) is 31.3. The molecule has 0 amide bonds. The van der Waals surface area contributed by atoms with Crippen LogP contribution in [0.2, 0.25) is 0 Å². The Labute approximate surface area is 313 Å². The Morgan fingerprint density at radius 2 is 0.759 bits per heavy atom. The van der Waals surface area contributed by atoms with Gasteiger partial charge in [-0.2, -0.15) is 5.26 Å². The van der Waals surface area contributed by atoms with E-state index in [0.717, 1.165) is 27.8 Å². The van der Waals surface area contributed by atoms with Crippen LogP contribution in [0.5, 0.6) is 0 Å².